The van der Waals surface area contributed by atoms with Crippen molar-refractivity contribution in [3.63, 3.8) is 0 Å². The number of tetrazole rings is 1. The third kappa shape index (κ3) is 3.55. The summed E-state index contributed by atoms with van der Waals surface area (Å²) in [6, 6.07) is 8.31. The van der Waals surface area contributed by atoms with Gasteiger partial charge in [0.1, 0.15) is 6.04 Å². The molecule has 2 atom stereocenters. The molecule has 0 spiro atoms. The van der Waals surface area contributed by atoms with Crippen LogP contribution < -0.4 is 5.56 Å². The fraction of sp³-hybridized carbons (Fsp3) is 0.565. The molecule has 0 unspecified atom stereocenters. The number of piperidine rings is 1. The Kier molecular flexibility index (Phi) is 5.15. The largest absolute Gasteiger partial charge is 0.322 e. The number of fused-ring (bicyclic) bond motifs is 1. The van der Waals surface area contributed by atoms with Crippen LogP contribution in [-0.2, 0) is 0 Å². The first-order valence-corrected chi connectivity index (χ1v) is 11.3. The number of hydrogen-bond donors (Lipinski definition) is 1. The van der Waals surface area contributed by atoms with Crippen LogP contribution in [0.5, 0.6) is 0 Å². The zero-order valence-electron chi connectivity index (χ0n) is 17.8. The predicted molar refractivity (Wildman–Crippen MR) is 116 cm³/mol. The number of hydrogen-bond acceptors (Lipinski definition) is 5. The summed E-state index contributed by atoms with van der Waals surface area (Å²) in [5.41, 5.74) is 2.75. The van der Waals surface area contributed by atoms with Crippen LogP contribution in [0.25, 0.3) is 10.9 Å². The van der Waals surface area contributed by atoms with Gasteiger partial charge in [0.15, 0.2) is 5.82 Å². The summed E-state index contributed by atoms with van der Waals surface area (Å²) in [6.07, 6.45) is 7.00. The Morgan fingerprint density at radius 1 is 1.13 bits per heavy atom. The molecule has 7 nitrogen and oxygen atoms in total. The van der Waals surface area contributed by atoms with E-state index in [1.807, 2.05) is 16.8 Å². The first-order valence-electron chi connectivity index (χ1n) is 11.3. The molecule has 2 aromatic heterocycles. The van der Waals surface area contributed by atoms with Gasteiger partial charge in [-0.25, -0.2) is 4.68 Å². The molecule has 0 radical (unpaired) electrons. The number of aromatic amines is 1. The molecule has 5 rings (SSSR count). The van der Waals surface area contributed by atoms with Gasteiger partial charge in [0.2, 0.25) is 0 Å². The smallest absolute Gasteiger partial charge is 0.253 e. The predicted octanol–water partition coefficient (Wildman–Crippen LogP) is 3.76. The molecule has 7 heteroatoms. The number of rotatable bonds is 4. The highest BCUT2D eigenvalue weighted by Crippen LogP contribution is 2.35. The molecule has 30 heavy (non-hydrogen) atoms. The number of aromatic nitrogens is 5. The fourth-order valence-electron chi connectivity index (χ4n) is 5.29. The summed E-state index contributed by atoms with van der Waals surface area (Å²) >= 11 is 0. The molecule has 1 saturated carbocycles. The molecule has 3 aromatic rings. The van der Waals surface area contributed by atoms with E-state index in [9.17, 15) is 4.79 Å². The van der Waals surface area contributed by atoms with Crippen molar-refractivity contribution < 1.29 is 0 Å². The minimum absolute atomic E-state index is 0.0458. The van der Waals surface area contributed by atoms with Crippen LogP contribution in [0.15, 0.2) is 29.1 Å². The number of nitrogens with one attached hydrogen (secondary N) is 1. The summed E-state index contributed by atoms with van der Waals surface area (Å²) in [5.74, 6) is 1.41. The Bertz CT molecular complexity index is 1100. The summed E-state index contributed by atoms with van der Waals surface area (Å²) in [4.78, 5) is 18.8. The van der Waals surface area contributed by atoms with Gasteiger partial charge in [0, 0.05) is 17.6 Å². The van der Waals surface area contributed by atoms with Crippen LogP contribution in [-0.4, -0.2) is 43.2 Å². The minimum Gasteiger partial charge on any atom is -0.322 e. The van der Waals surface area contributed by atoms with Crippen molar-refractivity contribution >= 4 is 10.9 Å². The molecule has 0 amide bonds. The molecule has 3 heterocycles. The molecule has 1 N–H and O–H groups in total. The zero-order valence-corrected chi connectivity index (χ0v) is 17.8. The molecule has 1 aromatic carbocycles. The third-order valence-electron chi connectivity index (χ3n) is 6.81. The molecule has 1 saturated heterocycles. The lowest BCUT2D eigenvalue weighted by molar-refractivity contribution is 0.139. The van der Waals surface area contributed by atoms with Crippen molar-refractivity contribution in [2.45, 2.75) is 64.5 Å². The first kappa shape index (κ1) is 19.4. The zero-order chi connectivity index (χ0) is 20.7. The number of nitrogens with zero attached hydrogens (tertiary/aromatic N) is 5. The second kappa shape index (κ2) is 7.95. The second-order valence-electron chi connectivity index (χ2n) is 9.21. The number of benzene rings is 1. The number of likely N-dealkylation sites (tertiary alicyclic amines) is 1. The topological polar surface area (TPSA) is 79.7 Å². The van der Waals surface area contributed by atoms with Crippen molar-refractivity contribution in [3.05, 3.63) is 51.6 Å². The van der Waals surface area contributed by atoms with E-state index in [0.717, 1.165) is 54.6 Å². The van der Waals surface area contributed by atoms with Crippen LogP contribution in [0, 0.1) is 12.8 Å². The average Bonchev–Trinajstić information content (AvgIpc) is 3.41. The average molecular weight is 407 g/mol. The van der Waals surface area contributed by atoms with Crippen LogP contribution in [0.3, 0.4) is 0 Å². The van der Waals surface area contributed by atoms with Crippen molar-refractivity contribution in [3.8, 4) is 0 Å². The number of pyridine rings is 1. The molecule has 2 aliphatic rings. The molecular weight excluding hydrogens is 376 g/mol. The van der Waals surface area contributed by atoms with E-state index < -0.39 is 0 Å². The highest BCUT2D eigenvalue weighted by molar-refractivity contribution is 5.79. The summed E-state index contributed by atoms with van der Waals surface area (Å²) in [7, 11) is 0. The third-order valence-corrected chi connectivity index (χ3v) is 6.81. The molecule has 1 aliphatic heterocycles. The van der Waals surface area contributed by atoms with E-state index >= 15 is 0 Å². The Morgan fingerprint density at radius 3 is 2.77 bits per heavy atom. The lowest BCUT2D eigenvalue weighted by Crippen LogP contribution is -2.41. The first-order chi connectivity index (χ1) is 14.6. The van der Waals surface area contributed by atoms with Gasteiger partial charge >= 0.3 is 0 Å². The van der Waals surface area contributed by atoms with Crippen molar-refractivity contribution in [2.24, 2.45) is 5.92 Å². The van der Waals surface area contributed by atoms with E-state index in [4.69, 9.17) is 0 Å². The van der Waals surface area contributed by atoms with Crippen LogP contribution >= 0.6 is 0 Å². The van der Waals surface area contributed by atoms with Crippen LogP contribution in [0.1, 0.15) is 74.5 Å². The highest BCUT2D eigenvalue weighted by atomic mass is 16.1. The standard InChI is InChI=1S/C23H30N6O/c1-15-9-10-20-17(12-15)13-19(23(30)24-20)21(28-11-5-6-16(2)14-28)22-25-26-27-29(22)18-7-3-4-8-18/h9-10,12-13,16,18,21H,3-8,11,14H2,1-2H3,(H,24,30)/t16-,21-/m0/s1. The highest BCUT2D eigenvalue weighted by Gasteiger charge is 2.34. The summed E-state index contributed by atoms with van der Waals surface area (Å²) < 4.78 is 2.01. The van der Waals surface area contributed by atoms with Gasteiger partial charge in [-0.3, -0.25) is 9.69 Å². The van der Waals surface area contributed by atoms with E-state index in [1.165, 1.54) is 24.8 Å². The van der Waals surface area contributed by atoms with E-state index in [-0.39, 0.29) is 11.6 Å². The van der Waals surface area contributed by atoms with Crippen molar-refractivity contribution in [1.29, 1.82) is 0 Å². The maximum atomic E-state index is 13.3. The number of H-pyrrole nitrogens is 1. The van der Waals surface area contributed by atoms with E-state index in [2.05, 4.69) is 51.4 Å². The number of aryl methyl sites for hydroxylation is 1. The summed E-state index contributed by atoms with van der Waals surface area (Å²) in [6.45, 7) is 6.27. The van der Waals surface area contributed by atoms with Crippen LogP contribution in [0.2, 0.25) is 0 Å². The van der Waals surface area contributed by atoms with Gasteiger partial charge in [0.05, 0.1) is 6.04 Å². The van der Waals surface area contributed by atoms with E-state index in [1.54, 1.807) is 0 Å². The van der Waals surface area contributed by atoms with Crippen LogP contribution in [0.4, 0.5) is 0 Å². The Hall–Kier alpha value is -2.54. The normalized spacial score (nSPS) is 22.0. The maximum absolute atomic E-state index is 13.3. The van der Waals surface area contributed by atoms with Gasteiger partial charge in [0.25, 0.3) is 5.56 Å². The Morgan fingerprint density at radius 2 is 1.97 bits per heavy atom. The Labute approximate surface area is 176 Å². The molecular formula is C23H30N6O. The van der Waals surface area contributed by atoms with Gasteiger partial charge in [-0.05, 0) is 79.1 Å². The SMILES string of the molecule is Cc1ccc2[nH]c(=O)c([C@@H](c3nnnn3C3CCCC3)N3CCC[C@H](C)C3)cc2c1. The lowest BCUT2D eigenvalue weighted by atomic mass is 9.95. The fourth-order valence-corrected chi connectivity index (χ4v) is 5.29. The molecule has 0 bridgehead atoms. The second-order valence-corrected chi connectivity index (χ2v) is 9.21. The monoisotopic (exact) mass is 406 g/mol. The molecule has 2 fully saturated rings. The maximum Gasteiger partial charge on any atom is 0.253 e. The lowest BCUT2D eigenvalue weighted by Gasteiger charge is -2.36. The van der Waals surface area contributed by atoms with Crippen molar-refractivity contribution in [1.82, 2.24) is 30.1 Å². The molecule has 158 valence electrons. The summed E-state index contributed by atoms with van der Waals surface area (Å²) in [5, 5.41) is 14.0. The van der Waals surface area contributed by atoms with Gasteiger partial charge in [-0.2, -0.15) is 0 Å². The molecule has 1 aliphatic carbocycles. The quantitative estimate of drug-likeness (QED) is 0.714. The minimum atomic E-state index is -0.225. The van der Waals surface area contributed by atoms with E-state index in [0.29, 0.717) is 12.0 Å². The van der Waals surface area contributed by atoms with Gasteiger partial charge < -0.3 is 4.98 Å². The van der Waals surface area contributed by atoms with Crippen molar-refractivity contribution in [2.75, 3.05) is 13.1 Å². The van der Waals surface area contributed by atoms with Gasteiger partial charge in [-0.15, -0.1) is 5.10 Å². The Balaban J connectivity index is 1.66. The van der Waals surface area contributed by atoms with Gasteiger partial charge in [-0.1, -0.05) is 31.4 Å².